The molecule has 0 saturated heterocycles. The van der Waals surface area contributed by atoms with E-state index in [0.717, 1.165) is 18.4 Å². The van der Waals surface area contributed by atoms with E-state index in [1.54, 1.807) is 12.1 Å². The van der Waals surface area contributed by atoms with Gasteiger partial charge in [0.1, 0.15) is 12.4 Å². The average Bonchev–Trinajstić information content (AvgIpc) is 2.78. The van der Waals surface area contributed by atoms with E-state index in [0.29, 0.717) is 40.7 Å². The van der Waals surface area contributed by atoms with Crippen LogP contribution in [0.25, 0.3) is 0 Å². The highest BCUT2D eigenvalue weighted by Gasteiger charge is 2.15. The molecule has 0 saturated carbocycles. The first kappa shape index (κ1) is 24.4. The third-order valence-electron chi connectivity index (χ3n) is 5.16. The topological polar surface area (TPSA) is 30.5 Å². The van der Waals surface area contributed by atoms with E-state index in [4.69, 9.17) is 32.7 Å². The molecule has 0 radical (unpaired) electrons. The molecule has 0 aromatic heterocycles. The Labute approximate surface area is 199 Å². The fraction of sp³-hybridized carbons (Fsp3) is 0.308. The number of hydrogen-bond acceptors (Lipinski definition) is 3. The van der Waals surface area contributed by atoms with Crippen molar-refractivity contribution < 1.29 is 13.9 Å². The Morgan fingerprint density at radius 1 is 0.938 bits per heavy atom. The maximum Gasteiger partial charge on any atom is 0.180 e. The molecule has 32 heavy (non-hydrogen) atoms. The average molecular weight is 476 g/mol. The molecule has 1 N–H and O–H groups in total. The summed E-state index contributed by atoms with van der Waals surface area (Å²) in [7, 11) is 0. The van der Waals surface area contributed by atoms with Crippen LogP contribution in [0.2, 0.25) is 10.0 Å². The first-order valence-electron chi connectivity index (χ1n) is 10.8. The van der Waals surface area contributed by atoms with Gasteiger partial charge in [0.15, 0.2) is 11.5 Å². The molecular weight excluding hydrogens is 448 g/mol. The van der Waals surface area contributed by atoms with Gasteiger partial charge in [0.05, 0.1) is 16.7 Å². The molecule has 0 amide bonds. The molecule has 0 aliphatic rings. The Kier molecular flexibility index (Phi) is 9.22. The lowest BCUT2D eigenvalue weighted by Gasteiger charge is -2.18. The molecule has 3 aromatic rings. The molecule has 0 fully saturated rings. The minimum atomic E-state index is -0.420. The van der Waals surface area contributed by atoms with Crippen molar-refractivity contribution in [1.82, 2.24) is 5.32 Å². The zero-order valence-electron chi connectivity index (χ0n) is 18.3. The maximum absolute atomic E-state index is 14.1. The van der Waals surface area contributed by atoms with E-state index in [-0.39, 0.29) is 12.2 Å². The second kappa shape index (κ2) is 12.1. The van der Waals surface area contributed by atoms with Crippen LogP contribution in [0.5, 0.6) is 11.5 Å². The van der Waals surface area contributed by atoms with Crippen LogP contribution < -0.4 is 14.8 Å². The first-order chi connectivity index (χ1) is 15.5. The van der Waals surface area contributed by atoms with Crippen LogP contribution in [-0.2, 0) is 19.6 Å². The molecule has 3 aromatic carbocycles. The van der Waals surface area contributed by atoms with Crippen LogP contribution in [0, 0.1) is 5.82 Å². The van der Waals surface area contributed by atoms with Crippen molar-refractivity contribution in [2.45, 2.75) is 45.9 Å². The van der Waals surface area contributed by atoms with Crippen molar-refractivity contribution in [2.75, 3.05) is 6.61 Å². The van der Waals surface area contributed by atoms with Crippen LogP contribution >= 0.6 is 23.2 Å². The van der Waals surface area contributed by atoms with Gasteiger partial charge in [-0.1, -0.05) is 59.6 Å². The second-order valence-electron chi connectivity index (χ2n) is 7.63. The number of benzene rings is 3. The first-order valence-corrected chi connectivity index (χ1v) is 11.5. The Balaban J connectivity index is 1.64. The lowest BCUT2D eigenvalue weighted by atomic mass is 10.1. The molecule has 1 unspecified atom stereocenters. The number of ether oxygens (including phenoxy) is 2. The van der Waals surface area contributed by atoms with Crippen LogP contribution in [-0.4, -0.2) is 12.6 Å². The van der Waals surface area contributed by atoms with Crippen LogP contribution in [0.15, 0.2) is 60.7 Å². The summed E-state index contributed by atoms with van der Waals surface area (Å²) < 4.78 is 25.7. The zero-order chi connectivity index (χ0) is 22.9. The monoisotopic (exact) mass is 475 g/mol. The van der Waals surface area contributed by atoms with Crippen molar-refractivity contribution in [1.29, 1.82) is 0 Å². The summed E-state index contributed by atoms with van der Waals surface area (Å²) in [4.78, 5) is 0. The van der Waals surface area contributed by atoms with Crippen molar-refractivity contribution in [3.63, 3.8) is 0 Å². The zero-order valence-corrected chi connectivity index (χ0v) is 19.8. The molecule has 0 bridgehead atoms. The Morgan fingerprint density at radius 2 is 1.72 bits per heavy atom. The summed E-state index contributed by atoms with van der Waals surface area (Å²) >= 11 is 12.6. The molecule has 3 nitrogen and oxygen atoms in total. The summed E-state index contributed by atoms with van der Waals surface area (Å²) in [6.45, 7) is 5.12. The van der Waals surface area contributed by atoms with E-state index < -0.39 is 5.82 Å². The van der Waals surface area contributed by atoms with Gasteiger partial charge >= 0.3 is 0 Å². The largest absolute Gasteiger partial charge is 0.490 e. The van der Waals surface area contributed by atoms with E-state index in [1.165, 1.54) is 11.6 Å². The number of aryl methyl sites for hydroxylation is 1. The van der Waals surface area contributed by atoms with Gasteiger partial charge < -0.3 is 14.8 Å². The van der Waals surface area contributed by atoms with E-state index in [9.17, 15) is 4.39 Å². The number of nitrogens with one attached hydrogen (secondary N) is 1. The molecule has 1 atom stereocenters. The highest BCUT2D eigenvalue weighted by molar-refractivity contribution is 6.32. The summed E-state index contributed by atoms with van der Waals surface area (Å²) in [6.07, 6.45) is 2.05. The summed E-state index contributed by atoms with van der Waals surface area (Å²) in [6, 6.07) is 19.1. The number of halogens is 3. The van der Waals surface area contributed by atoms with Crippen molar-refractivity contribution in [3.05, 3.63) is 93.2 Å². The molecule has 0 aliphatic heterocycles. The van der Waals surface area contributed by atoms with Gasteiger partial charge in [-0.25, -0.2) is 4.39 Å². The summed E-state index contributed by atoms with van der Waals surface area (Å²) in [5.74, 6) is 0.492. The molecule has 0 aliphatic carbocycles. The molecule has 0 heterocycles. The minimum Gasteiger partial charge on any atom is -0.490 e. The van der Waals surface area contributed by atoms with Gasteiger partial charge in [-0.05, 0) is 62.1 Å². The number of rotatable bonds is 11. The van der Waals surface area contributed by atoms with Gasteiger partial charge in [-0.15, -0.1) is 0 Å². The molecule has 6 heteroatoms. The molecule has 0 spiro atoms. The molecular formula is C26H28Cl2FNO2. The Hall–Kier alpha value is -2.27. The minimum absolute atomic E-state index is 0.0422. The highest BCUT2D eigenvalue weighted by Crippen LogP contribution is 2.38. The third kappa shape index (κ3) is 6.86. The lowest BCUT2D eigenvalue weighted by molar-refractivity contribution is 0.266. The predicted molar refractivity (Wildman–Crippen MR) is 129 cm³/mol. The molecule has 170 valence electrons. The van der Waals surface area contributed by atoms with Crippen LogP contribution in [0.4, 0.5) is 4.39 Å². The summed E-state index contributed by atoms with van der Waals surface area (Å²) in [5, 5.41) is 4.26. The van der Waals surface area contributed by atoms with Crippen molar-refractivity contribution in [2.24, 2.45) is 0 Å². The third-order valence-corrected chi connectivity index (χ3v) is 5.79. The maximum atomic E-state index is 14.1. The lowest BCUT2D eigenvalue weighted by Crippen LogP contribution is -2.26. The van der Waals surface area contributed by atoms with Gasteiger partial charge in [0.2, 0.25) is 0 Å². The normalized spacial score (nSPS) is 11.9. The van der Waals surface area contributed by atoms with Crippen molar-refractivity contribution >= 4 is 23.2 Å². The van der Waals surface area contributed by atoms with E-state index in [2.05, 4.69) is 36.5 Å². The Bertz CT molecular complexity index is 994. The highest BCUT2D eigenvalue weighted by atomic mass is 35.5. The second-order valence-corrected chi connectivity index (χ2v) is 8.45. The van der Waals surface area contributed by atoms with Crippen molar-refractivity contribution in [3.8, 4) is 11.5 Å². The SMILES string of the molecule is CCOc1cc(CNC(C)CCc2ccccc2)cc(Cl)c1OCc1c(F)cccc1Cl. The van der Waals surface area contributed by atoms with Crippen LogP contribution in [0.1, 0.15) is 37.0 Å². The van der Waals surface area contributed by atoms with Gasteiger partial charge in [-0.3, -0.25) is 0 Å². The smallest absolute Gasteiger partial charge is 0.180 e. The molecule has 3 rings (SSSR count). The van der Waals surface area contributed by atoms with Gasteiger partial charge in [0, 0.05) is 18.2 Å². The predicted octanol–water partition coefficient (Wildman–Crippen LogP) is 7.22. The van der Waals surface area contributed by atoms with Gasteiger partial charge in [0.25, 0.3) is 0 Å². The van der Waals surface area contributed by atoms with Crippen LogP contribution in [0.3, 0.4) is 0 Å². The van der Waals surface area contributed by atoms with E-state index in [1.807, 2.05) is 25.1 Å². The fourth-order valence-electron chi connectivity index (χ4n) is 3.36. The van der Waals surface area contributed by atoms with E-state index >= 15 is 0 Å². The number of hydrogen-bond donors (Lipinski definition) is 1. The summed E-state index contributed by atoms with van der Waals surface area (Å²) in [5.41, 5.74) is 2.60. The Morgan fingerprint density at radius 3 is 2.44 bits per heavy atom. The quantitative estimate of drug-likeness (QED) is 0.317. The standard InChI is InChI=1S/C26H28Cl2FNO2/c1-3-31-25-15-20(16-30-18(2)12-13-19-8-5-4-6-9-19)14-23(28)26(25)32-17-21-22(27)10-7-11-24(21)29/h4-11,14-15,18,30H,3,12-13,16-17H2,1-2H3. The fourth-order valence-corrected chi connectivity index (χ4v) is 3.87. The van der Waals surface area contributed by atoms with Gasteiger partial charge in [-0.2, -0.15) is 0 Å².